The molecule has 0 radical (unpaired) electrons. The van der Waals surface area contributed by atoms with Crippen molar-refractivity contribution in [2.45, 2.75) is 26.3 Å². The van der Waals surface area contributed by atoms with Crippen LogP contribution in [0.2, 0.25) is 0 Å². The van der Waals surface area contributed by atoms with E-state index >= 15 is 0 Å². The average Bonchev–Trinajstić information content (AvgIpc) is 3.03. The second kappa shape index (κ2) is 7.05. The van der Waals surface area contributed by atoms with E-state index < -0.39 is 0 Å². The molecule has 2 aromatic carbocycles. The van der Waals surface area contributed by atoms with Crippen molar-refractivity contribution in [3.8, 4) is 5.75 Å². The number of nitrogens with one attached hydrogen (secondary N) is 1. The van der Waals surface area contributed by atoms with Crippen molar-refractivity contribution in [3.05, 3.63) is 63.8 Å². The normalized spacial score (nSPS) is 12.1. The molecule has 0 aliphatic carbocycles. The fourth-order valence-corrected chi connectivity index (χ4v) is 3.54. The van der Waals surface area contributed by atoms with Gasteiger partial charge in [-0.15, -0.1) is 11.3 Å². The van der Waals surface area contributed by atoms with Gasteiger partial charge < -0.3 is 10.1 Å². The molecule has 0 aliphatic heterocycles. The molecule has 0 saturated heterocycles. The van der Waals surface area contributed by atoms with Crippen molar-refractivity contribution in [2.75, 3.05) is 7.11 Å². The quantitative estimate of drug-likeness (QED) is 0.735. The zero-order chi connectivity index (χ0) is 17.1. The first-order valence-corrected chi connectivity index (χ1v) is 8.85. The minimum absolute atomic E-state index is 0.0515. The molecule has 1 aromatic heterocycles. The van der Waals surface area contributed by atoms with Crippen LogP contribution in [0.15, 0.2) is 47.8 Å². The zero-order valence-electron chi connectivity index (χ0n) is 14.1. The fourth-order valence-electron chi connectivity index (χ4n) is 2.70. The van der Waals surface area contributed by atoms with Crippen LogP contribution < -0.4 is 10.1 Å². The molecule has 1 N–H and O–H groups in total. The molecule has 0 aliphatic rings. The SMILES string of the molecule is COc1ccc2cc(C(C)C(=O)NCc3sccc3C)ccc2c1. The number of rotatable bonds is 5. The predicted octanol–water partition coefficient (Wildman–Crippen LogP) is 4.64. The topological polar surface area (TPSA) is 38.3 Å². The lowest BCUT2D eigenvalue weighted by atomic mass is 9.97. The van der Waals surface area contributed by atoms with Crippen molar-refractivity contribution in [1.82, 2.24) is 5.32 Å². The van der Waals surface area contributed by atoms with E-state index in [0.717, 1.165) is 22.1 Å². The number of fused-ring (bicyclic) bond motifs is 1. The molecule has 3 aromatic rings. The first-order chi connectivity index (χ1) is 11.6. The first kappa shape index (κ1) is 16.5. The van der Waals surface area contributed by atoms with Gasteiger partial charge in [-0.05, 0) is 59.3 Å². The van der Waals surface area contributed by atoms with E-state index in [0.29, 0.717) is 6.54 Å². The van der Waals surface area contributed by atoms with Crippen molar-refractivity contribution >= 4 is 28.0 Å². The van der Waals surface area contributed by atoms with E-state index in [1.165, 1.54) is 10.4 Å². The lowest BCUT2D eigenvalue weighted by Gasteiger charge is -2.13. The Kier molecular flexibility index (Phi) is 4.86. The average molecular weight is 339 g/mol. The molecule has 1 amide bonds. The first-order valence-electron chi connectivity index (χ1n) is 7.97. The highest BCUT2D eigenvalue weighted by Gasteiger charge is 2.16. The molecular weight excluding hydrogens is 318 g/mol. The number of carbonyl (C=O) groups is 1. The number of hydrogen-bond donors (Lipinski definition) is 1. The number of ether oxygens (including phenoxy) is 1. The summed E-state index contributed by atoms with van der Waals surface area (Å²) in [5, 5.41) is 7.32. The number of amides is 1. The molecule has 4 heteroatoms. The third-order valence-electron chi connectivity index (χ3n) is 4.36. The number of carbonyl (C=O) groups excluding carboxylic acids is 1. The van der Waals surface area contributed by atoms with Crippen LogP contribution in [0, 0.1) is 6.92 Å². The second-order valence-corrected chi connectivity index (χ2v) is 6.94. The van der Waals surface area contributed by atoms with E-state index in [2.05, 4.69) is 29.8 Å². The van der Waals surface area contributed by atoms with Crippen molar-refractivity contribution in [3.63, 3.8) is 0 Å². The van der Waals surface area contributed by atoms with E-state index in [1.54, 1.807) is 18.4 Å². The third kappa shape index (κ3) is 3.44. The molecule has 3 nitrogen and oxygen atoms in total. The van der Waals surface area contributed by atoms with Gasteiger partial charge in [-0.1, -0.05) is 24.3 Å². The van der Waals surface area contributed by atoms with Crippen LogP contribution in [0.25, 0.3) is 10.8 Å². The summed E-state index contributed by atoms with van der Waals surface area (Å²) in [7, 11) is 1.66. The van der Waals surface area contributed by atoms with Crippen molar-refractivity contribution in [2.24, 2.45) is 0 Å². The van der Waals surface area contributed by atoms with Gasteiger partial charge in [0.15, 0.2) is 0 Å². The Morgan fingerprint density at radius 3 is 2.62 bits per heavy atom. The second-order valence-electron chi connectivity index (χ2n) is 5.94. The van der Waals surface area contributed by atoms with Crippen LogP contribution in [0.5, 0.6) is 5.75 Å². The van der Waals surface area contributed by atoms with E-state index in [9.17, 15) is 4.79 Å². The minimum atomic E-state index is -0.184. The Labute approximate surface area is 146 Å². The van der Waals surface area contributed by atoms with Crippen LogP contribution in [0.1, 0.15) is 28.8 Å². The Balaban J connectivity index is 1.73. The van der Waals surface area contributed by atoms with Gasteiger partial charge in [0.2, 0.25) is 5.91 Å². The summed E-state index contributed by atoms with van der Waals surface area (Å²) < 4.78 is 5.25. The van der Waals surface area contributed by atoms with Gasteiger partial charge in [-0.3, -0.25) is 4.79 Å². The summed E-state index contributed by atoms with van der Waals surface area (Å²) >= 11 is 1.68. The largest absolute Gasteiger partial charge is 0.497 e. The van der Waals surface area contributed by atoms with Gasteiger partial charge in [0.25, 0.3) is 0 Å². The smallest absolute Gasteiger partial charge is 0.227 e. The van der Waals surface area contributed by atoms with Gasteiger partial charge >= 0.3 is 0 Å². The number of methoxy groups -OCH3 is 1. The number of hydrogen-bond acceptors (Lipinski definition) is 3. The van der Waals surface area contributed by atoms with E-state index in [4.69, 9.17) is 4.74 Å². The van der Waals surface area contributed by atoms with E-state index in [1.807, 2.05) is 37.3 Å². The molecule has 1 unspecified atom stereocenters. The summed E-state index contributed by atoms with van der Waals surface area (Å²) in [6, 6.07) is 14.2. The maximum absolute atomic E-state index is 12.5. The summed E-state index contributed by atoms with van der Waals surface area (Å²) in [6.45, 7) is 4.61. The molecule has 0 spiro atoms. The fraction of sp³-hybridized carbons (Fsp3) is 0.250. The molecular formula is C20H21NO2S. The summed E-state index contributed by atoms with van der Waals surface area (Å²) in [5.41, 5.74) is 2.25. The Hall–Kier alpha value is -2.33. The van der Waals surface area contributed by atoms with Crippen molar-refractivity contribution in [1.29, 1.82) is 0 Å². The highest BCUT2D eigenvalue weighted by atomic mass is 32.1. The molecule has 3 rings (SSSR count). The lowest BCUT2D eigenvalue weighted by Crippen LogP contribution is -2.27. The Bertz CT molecular complexity index is 869. The Morgan fingerprint density at radius 1 is 1.17 bits per heavy atom. The lowest BCUT2D eigenvalue weighted by molar-refractivity contribution is -0.122. The summed E-state index contributed by atoms with van der Waals surface area (Å²) in [5.74, 6) is 0.708. The Morgan fingerprint density at radius 2 is 1.92 bits per heavy atom. The van der Waals surface area contributed by atoms with Gasteiger partial charge in [0.1, 0.15) is 5.75 Å². The predicted molar refractivity (Wildman–Crippen MR) is 99.8 cm³/mol. The molecule has 24 heavy (non-hydrogen) atoms. The van der Waals surface area contributed by atoms with Gasteiger partial charge in [0.05, 0.1) is 19.6 Å². The number of aryl methyl sites for hydroxylation is 1. The molecule has 0 bridgehead atoms. The molecule has 124 valence electrons. The summed E-state index contributed by atoms with van der Waals surface area (Å²) in [4.78, 5) is 13.7. The third-order valence-corrected chi connectivity index (χ3v) is 5.38. The molecule has 0 saturated carbocycles. The zero-order valence-corrected chi connectivity index (χ0v) is 14.9. The minimum Gasteiger partial charge on any atom is -0.497 e. The van der Waals surface area contributed by atoms with Crippen LogP contribution >= 0.6 is 11.3 Å². The van der Waals surface area contributed by atoms with Gasteiger partial charge in [0, 0.05) is 4.88 Å². The van der Waals surface area contributed by atoms with E-state index in [-0.39, 0.29) is 11.8 Å². The summed E-state index contributed by atoms with van der Waals surface area (Å²) in [6.07, 6.45) is 0. The van der Waals surface area contributed by atoms with Crippen molar-refractivity contribution < 1.29 is 9.53 Å². The highest BCUT2D eigenvalue weighted by Crippen LogP contribution is 2.25. The maximum atomic E-state index is 12.5. The molecule has 0 fully saturated rings. The van der Waals surface area contributed by atoms with Gasteiger partial charge in [-0.2, -0.15) is 0 Å². The monoisotopic (exact) mass is 339 g/mol. The molecule has 1 heterocycles. The number of thiophene rings is 1. The van der Waals surface area contributed by atoms with Crippen LogP contribution in [0.4, 0.5) is 0 Å². The van der Waals surface area contributed by atoms with Gasteiger partial charge in [-0.25, -0.2) is 0 Å². The molecule has 1 atom stereocenters. The van der Waals surface area contributed by atoms with Crippen LogP contribution in [-0.4, -0.2) is 13.0 Å². The number of benzene rings is 2. The standard InChI is InChI=1S/C20H21NO2S/c1-13-8-9-24-19(13)12-21-20(22)14(2)15-4-5-17-11-18(23-3)7-6-16(17)10-15/h4-11,14H,12H2,1-3H3,(H,21,22). The highest BCUT2D eigenvalue weighted by molar-refractivity contribution is 7.10. The van der Waals surface area contributed by atoms with Crippen LogP contribution in [-0.2, 0) is 11.3 Å². The maximum Gasteiger partial charge on any atom is 0.227 e. The van der Waals surface area contributed by atoms with Crippen LogP contribution in [0.3, 0.4) is 0 Å².